The normalized spacial score (nSPS) is 14.9. The van der Waals surface area contributed by atoms with E-state index >= 15 is 0 Å². The first kappa shape index (κ1) is 11.6. The molecular formula is C9H8BrNO4S. The van der Waals surface area contributed by atoms with Crippen LogP contribution in [-0.2, 0) is 10.1 Å². The van der Waals surface area contributed by atoms with Crippen molar-refractivity contribution in [3.63, 3.8) is 0 Å². The molecule has 0 atom stereocenters. The van der Waals surface area contributed by atoms with Crippen molar-refractivity contribution in [3.8, 4) is 5.75 Å². The Balaban J connectivity index is 3.01. The van der Waals surface area contributed by atoms with E-state index in [-0.39, 0.29) is 25.7 Å². The van der Waals surface area contributed by atoms with Crippen LogP contribution in [0.25, 0.3) is 6.08 Å². The third-order valence-electron chi connectivity index (χ3n) is 2.25. The highest BCUT2D eigenvalue weighted by Crippen LogP contribution is 2.21. The van der Waals surface area contributed by atoms with Crippen LogP contribution in [0.3, 0.4) is 0 Å². The van der Waals surface area contributed by atoms with Gasteiger partial charge in [-0.3, -0.25) is 9.55 Å². The Morgan fingerprint density at radius 2 is 2.12 bits per heavy atom. The number of nitrogens with zero attached hydrogens (tertiary/aromatic N) is 1. The maximum Gasteiger partial charge on any atom is 0.295 e. The Hall–Kier alpha value is -0.920. The van der Waals surface area contributed by atoms with E-state index in [9.17, 15) is 13.5 Å². The first-order valence-corrected chi connectivity index (χ1v) is 6.68. The molecule has 2 rings (SSSR count). The lowest BCUT2D eigenvalue weighted by Gasteiger charge is -2.07. The monoisotopic (exact) mass is 305 g/mol. The minimum Gasteiger partial charge on any atom is -0.505 e. The molecule has 86 valence electrons. The second kappa shape index (κ2) is 3.83. The molecule has 0 unspecified atom stereocenters. The average molecular weight is 306 g/mol. The summed E-state index contributed by atoms with van der Waals surface area (Å²) < 4.78 is 31.6. The van der Waals surface area contributed by atoms with Gasteiger partial charge in [-0.1, -0.05) is 6.08 Å². The third-order valence-corrected chi connectivity index (χ3v) is 3.75. The molecular weight excluding hydrogens is 298 g/mol. The van der Waals surface area contributed by atoms with E-state index < -0.39 is 10.1 Å². The van der Waals surface area contributed by atoms with Gasteiger partial charge in [0.15, 0.2) is 5.75 Å². The Kier molecular flexibility index (Phi) is 2.77. The van der Waals surface area contributed by atoms with Crippen LogP contribution in [0.15, 0.2) is 20.4 Å². The predicted octanol–water partition coefficient (Wildman–Crippen LogP) is 0.205. The lowest BCUT2D eigenvalue weighted by atomic mass is 10.2. The highest BCUT2D eigenvalue weighted by atomic mass is 79.9. The molecule has 1 aromatic carbocycles. The lowest BCUT2D eigenvalue weighted by molar-refractivity contribution is 0.459. The molecule has 0 aliphatic carbocycles. The van der Waals surface area contributed by atoms with E-state index in [1.807, 2.05) is 0 Å². The molecule has 0 radical (unpaired) electrons. The standard InChI is InChI=1S/C9H8BrNO4S/c10-6-4-7(16(13,14)15)5-2-1-3-11-8(5)9(6)12/h2,4,12H,1,3H2,(H,13,14,15). The largest absolute Gasteiger partial charge is 0.505 e. The van der Waals surface area contributed by atoms with Gasteiger partial charge in [-0.15, -0.1) is 0 Å². The summed E-state index contributed by atoms with van der Waals surface area (Å²) in [5, 5.41) is 10.2. The Bertz CT molecular complexity index is 666. The van der Waals surface area contributed by atoms with Crippen LogP contribution in [0.5, 0.6) is 5.75 Å². The maximum atomic E-state index is 11.2. The summed E-state index contributed by atoms with van der Waals surface area (Å²) >= 11 is 3.02. The molecule has 0 spiro atoms. The summed E-state index contributed by atoms with van der Waals surface area (Å²) in [5.41, 5.74) is 0. The summed E-state index contributed by atoms with van der Waals surface area (Å²) in [5.74, 6) is -0.113. The van der Waals surface area contributed by atoms with Crippen molar-refractivity contribution >= 4 is 32.1 Å². The average Bonchev–Trinajstić information content (AvgIpc) is 2.22. The quantitative estimate of drug-likeness (QED) is 0.726. The van der Waals surface area contributed by atoms with Crippen molar-refractivity contribution in [3.05, 3.63) is 21.1 Å². The zero-order valence-electron chi connectivity index (χ0n) is 8.01. The van der Waals surface area contributed by atoms with Gasteiger partial charge in [0.25, 0.3) is 10.1 Å². The number of phenols is 1. The molecule has 1 aliphatic rings. The van der Waals surface area contributed by atoms with Gasteiger partial charge in [0.05, 0.1) is 4.47 Å². The maximum absolute atomic E-state index is 11.2. The number of hydrogen-bond acceptors (Lipinski definition) is 4. The molecule has 0 aromatic heterocycles. The number of hydrogen-bond donors (Lipinski definition) is 2. The van der Waals surface area contributed by atoms with Crippen LogP contribution in [0.2, 0.25) is 0 Å². The van der Waals surface area contributed by atoms with E-state index in [2.05, 4.69) is 20.9 Å². The highest BCUT2D eigenvalue weighted by Gasteiger charge is 2.18. The van der Waals surface area contributed by atoms with Gasteiger partial charge in [-0.05, 0) is 28.4 Å². The molecule has 0 fully saturated rings. The number of phenolic OH excluding ortho intramolecular Hbond substituents is 1. The predicted molar refractivity (Wildman–Crippen MR) is 60.4 cm³/mol. The Labute approximate surface area is 100 Å². The minimum atomic E-state index is -4.32. The zero-order chi connectivity index (χ0) is 11.9. The van der Waals surface area contributed by atoms with Gasteiger partial charge < -0.3 is 5.11 Å². The molecule has 1 aromatic rings. The SMILES string of the molecule is O=S(=O)(O)c1cc(Br)c(O)c2c1=CCCN=2. The van der Waals surface area contributed by atoms with Crippen LogP contribution >= 0.6 is 15.9 Å². The summed E-state index contributed by atoms with van der Waals surface area (Å²) in [7, 11) is -4.32. The zero-order valence-corrected chi connectivity index (χ0v) is 10.4. The van der Waals surface area contributed by atoms with Crippen molar-refractivity contribution in [2.24, 2.45) is 4.99 Å². The highest BCUT2D eigenvalue weighted by molar-refractivity contribution is 9.10. The van der Waals surface area contributed by atoms with Gasteiger partial charge in [0, 0.05) is 11.8 Å². The van der Waals surface area contributed by atoms with E-state index in [1.165, 1.54) is 6.07 Å². The van der Waals surface area contributed by atoms with E-state index in [4.69, 9.17) is 4.55 Å². The van der Waals surface area contributed by atoms with E-state index in [0.717, 1.165) is 0 Å². The van der Waals surface area contributed by atoms with Crippen LogP contribution < -0.4 is 10.6 Å². The first-order valence-electron chi connectivity index (χ1n) is 4.45. The molecule has 2 N–H and O–H groups in total. The van der Waals surface area contributed by atoms with Crippen molar-refractivity contribution in [1.82, 2.24) is 0 Å². The fourth-order valence-electron chi connectivity index (χ4n) is 1.57. The summed E-state index contributed by atoms with van der Waals surface area (Å²) in [6, 6.07) is 1.17. The number of aromatic hydroxyl groups is 1. The van der Waals surface area contributed by atoms with Gasteiger partial charge in [-0.25, -0.2) is 0 Å². The topological polar surface area (TPSA) is 87.0 Å². The molecule has 1 aliphatic heterocycles. The van der Waals surface area contributed by atoms with E-state index in [0.29, 0.717) is 13.0 Å². The molecule has 7 heteroatoms. The van der Waals surface area contributed by atoms with Gasteiger partial charge >= 0.3 is 0 Å². The number of fused-ring (bicyclic) bond motifs is 1. The Morgan fingerprint density at radius 1 is 1.44 bits per heavy atom. The van der Waals surface area contributed by atoms with Gasteiger partial charge in [-0.2, -0.15) is 8.42 Å². The van der Waals surface area contributed by atoms with Crippen molar-refractivity contribution in [1.29, 1.82) is 0 Å². The fourth-order valence-corrected chi connectivity index (χ4v) is 2.87. The van der Waals surface area contributed by atoms with Crippen molar-refractivity contribution in [2.45, 2.75) is 11.3 Å². The van der Waals surface area contributed by atoms with Crippen LogP contribution in [-0.4, -0.2) is 24.6 Å². The minimum absolute atomic E-state index is 0.113. The number of benzene rings is 1. The number of halogens is 1. The summed E-state index contributed by atoms with van der Waals surface area (Å²) in [6.07, 6.45) is 2.22. The molecule has 16 heavy (non-hydrogen) atoms. The van der Waals surface area contributed by atoms with Crippen LogP contribution in [0.4, 0.5) is 0 Å². The van der Waals surface area contributed by atoms with E-state index in [1.54, 1.807) is 6.08 Å². The third kappa shape index (κ3) is 1.85. The number of rotatable bonds is 1. The molecule has 0 saturated carbocycles. The molecule has 5 nitrogen and oxygen atoms in total. The molecule has 0 saturated heterocycles. The van der Waals surface area contributed by atoms with Gasteiger partial charge in [0.2, 0.25) is 0 Å². The van der Waals surface area contributed by atoms with Crippen molar-refractivity contribution < 1.29 is 18.1 Å². The van der Waals surface area contributed by atoms with Gasteiger partial charge in [0.1, 0.15) is 10.3 Å². The van der Waals surface area contributed by atoms with Crippen LogP contribution in [0, 0.1) is 0 Å². The van der Waals surface area contributed by atoms with Crippen LogP contribution in [0.1, 0.15) is 6.42 Å². The summed E-state index contributed by atoms with van der Waals surface area (Å²) in [6.45, 7) is 0.488. The summed E-state index contributed by atoms with van der Waals surface area (Å²) in [4.78, 5) is 3.80. The lowest BCUT2D eigenvalue weighted by Crippen LogP contribution is -2.33. The van der Waals surface area contributed by atoms with Crippen molar-refractivity contribution in [2.75, 3.05) is 6.54 Å². The first-order chi connectivity index (χ1) is 7.41. The molecule has 0 amide bonds. The smallest absolute Gasteiger partial charge is 0.295 e. The molecule has 0 bridgehead atoms. The Morgan fingerprint density at radius 3 is 2.75 bits per heavy atom. The molecule has 1 heterocycles. The fraction of sp³-hybridized carbons (Fsp3) is 0.222. The second-order valence-corrected chi connectivity index (χ2v) is 5.56. The second-order valence-electron chi connectivity index (χ2n) is 3.32.